The molecule has 1 heterocycles. The number of carbonyl (C=O) groups excluding carboxylic acids is 1. The van der Waals surface area contributed by atoms with E-state index in [1.807, 2.05) is 19.9 Å². The first-order valence-electron chi connectivity index (χ1n) is 5.03. The van der Waals surface area contributed by atoms with E-state index < -0.39 is 18.0 Å². The van der Waals surface area contributed by atoms with E-state index in [1.54, 1.807) is 6.07 Å². The Balaban J connectivity index is 2.50. The van der Waals surface area contributed by atoms with Crippen molar-refractivity contribution in [3.05, 3.63) is 34.4 Å². The summed E-state index contributed by atoms with van der Waals surface area (Å²) in [6.07, 6.45) is -0.802. The number of hydrogen-bond acceptors (Lipinski definition) is 3. The summed E-state index contributed by atoms with van der Waals surface area (Å²) in [5.41, 5.74) is 3.20. The number of carboxylic acids is 1. The third-order valence-electron chi connectivity index (χ3n) is 2.75. The van der Waals surface area contributed by atoms with Gasteiger partial charge in [0.1, 0.15) is 0 Å². The number of hydrogen-bond donors (Lipinski definition) is 1. The zero-order chi connectivity index (χ0) is 11.9. The molecular weight excluding hydrogens is 208 g/mol. The second kappa shape index (κ2) is 3.63. The van der Waals surface area contributed by atoms with Gasteiger partial charge in [-0.05, 0) is 36.6 Å². The number of aryl methyl sites for hydroxylation is 2. The highest BCUT2D eigenvalue weighted by Crippen LogP contribution is 2.25. The largest absolute Gasteiger partial charge is 0.478 e. The summed E-state index contributed by atoms with van der Waals surface area (Å²) in [4.78, 5) is 22.4. The van der Waals surface area contributed by atoms with Crippen LogP contribution in [0.2, 0.25) is 0 Å². The molecule has 0 bridgehead atoms. The first-order valence-corrected chi connectivity index (χ1v) is 5.03. The molecule has 0 fully saturated rings. The van der Waals surface area contributed by atoms with Crippen LogP contribution < -0.4 is 0 Å². The number of carbonyl (C=O) groups is 2. The van der Waals surface area contributed by atoms with Crippen LogP contribution in [0.15, 0.2) is 12.1 Å². The molecule has 0 amide bonds. The minimum Gasteiger partial charge on any atom is -0.478 e. The van der Waals surface area contributed by atoms with Crippen LogP contribution in [0.3, 0.4) is 0 Å². The Bertz CT molecular complexity index is 476. The molecule has 0 aliphatic carbocycles. The number of cyclic esters (lactones) is 1. The van der Waals surface area contributed by atoms with Crippen LogP contribution in [0.4, 0.5) is 0 Å². The maximum Gasteiger partial charge on any atom is 0.345 e. The zero-order valence-corrected chi connectivity index (χ0v) is 9.11. The summed E-state index contributed by atoms with van der Waals surface area (Å²) in [7, 11) is 0. The van der Waals surface area contributed by atoms with Crippen molar-refractivity contribution >= 4 is 11.9 Å². The second-order valence-electron chi connectivity index (χ2n) is 4.04. The lowest BCUT2D eigenvalue weighted by Gasteiger charge is -2.23. The van der Waals surface area contributed by atoms with E-state index in [0.717, 1.165) is 16.7 Å². The molecule has 4 nitrogen and oxygen atoms in total. The van der Waals surface area contributed by atoms with E-state index in [2.05, 4.69) is 0 Å². The number of esters is 1. The molecule has 1 aromatic rings. The molecule has 0 aromatic heterocycles. The summed E-state index contributed by atoms with van der Waals surface area (Å²) in [5, 5.41) is 8.85. The molecule has 1 atom stereocenters. The zero-order valence-electron chi connectivity index (χ0n) is 9.11. The lowest BCUT2D eigenvalue weighted by atomic mass is 9.92. The Hall–Kier alpha value is -1.84. The van der Waals surface area contributed by atoms with Crippen LogP contribution >= 0.6 is 0 Å². The average Bonchev–Trinajstić information content (AvgIpc) is 2.19. The van der Waals surface area contributed by atoms with Crippen LogP contribution in [-0.4, -0.2) is 23.1 Å². The van der Waals surface area contributed by atoms with Gasteiger partial charge in [-0.15, -0.1) is 0 Å². The molecule has 1 unspecified atom stereocenters. The van der Waals surface area contributed by atoms with Crippen molar-refractivity contribution in [3.63, 3.8) is 0 Å². The topological polar surface area (TPSA) is 63.6 Å². The van der Waals surface area contributed by atoms with Crippen molar-refractivity contribution in [2.75, 3.05) is 0 Å². The highest BCUT2D eigenvalue weighted by molar-refractivity contribution is 5.95. The van der Waals surface area contributed by atoms with Gasteiger partial charge in [-0.1, -0.05) is 6.07 Å². The van der Waals surface area contributed by atoms with Crippen LogP contribution in [0.1, 0.15) is 27.0 Å². The van der Waals surface area contributed by atoms with Crippen molar-refractivity contribution in [1.82, 2.24) is 0 Å². The lowest BCUT2D eigenvalue weighted by molar-refractivity contribution is -0.147. The standard InChI is InChI=1S/C12H12O4/c1-6-3-7(2)8-5-10(11(13)14)16-12(15)9(8)4-6/h3-4,10H,5H2,1-2H3,(H,13,14). The van der Waals surface area contributed by atoms with E-state index in [1.165, 1.54) is 0 Å². The van der Waals surface area contributed by atoms with Gasteiger partial charge < -0.3 is 9.84 Å². The van der Waals surface area contributed by atoms with E-state index in [9.17, 15) is 9.59 Å². The molecule has 1 aliphatic heterocycles. The molecule has 4 heteroatoms. The van der Waals surface area contributed by atoms with E-state index in [4.69, 9.17) is 9.84 Å². The number of aliphatic carboxylic acids is 1. The Kier molecular flexibility index (Phi) is 2.42. The fourth-order valence-electron chi connectivity index (χ4n) is 2.01. The fraction of sp³-hybridized carbons (Fsp3) is 0.333. The number of benzene rings is 1. The van der Waals surface area contributed by atoms with Crippen molar-refractivity contribution in [1.29, 1.82) is 0 Å². The number of rotatable bonds is 1. The predicted octanol–water partition coefficient (Wildman–Crippen LogP) is 1.47. The number of carboxylic acid groups (broad SMARTS) is 1. The Morgan fingerprint density at radius 3 is 2.75 bits per heavy atom. The summed E-state index contributed by atoms with van der Waals surface area (Å²) >= 11 is 0. The van der Waals surface area contributed by atoms with Crippen LogP contribution in [0.5, 0.6) is 0 Å². The Morgan fingerprint density at radius 2 is 2.12 bits per heavy atom. The SMILES string of the molecule is Cc1cc(C)c2c(c1)C(=O)OC(C(=O)O)C2. The highest BCUT2D eigenvalue weighted by Gasteiger charge is 2.32. The predicted molar refractivity (Wildman–Crippen MR) is 56.5 cm³/mol. The molecule has 2 rings (SSSR count). The normalized spacial score (nSPS) is 18.9. The molecule has 16 heavy (non-hydrogen) atoms. The average molecular weight is 220 g/mol. The molecule has 0 spiro atoms. The fourth-order valence-corrected chi connectivity index (χ4v) is 2.01. The number of fused-ring (bicyclic) bond motifs is 1. The smallest absolute Gasteiger partial charge is 0.345 e. The van der Waals surface area contributed by atoms with Crippen LogP contribution in [-0.2, 0) is 16.0 Å². The molecule has 1 aromatic carbocycles. The first-order chi connectivity index (χ1) is 7.49. The van der Waals surface area contributed by atoms with E-state index in [-0.39, 0.29) is 6.42 Å². The summed E-state index contributed by atoms with van der Waals surface area (Å²) in [5.74, 6) is -1.64. The molecule has 0 saturated heterocycles. The second-order valence-corrected chi connectivity index (χ2v) is 4.04. The molecule has 1 N–H and O–H groups in total. The van der Waals surface area contributed by atoms with E-state index in [0.29, 0.717) is 5.56 Å². The maximum atomic E-state index is 11.6. The van der Waals surface area contributed by atoms with Crippen LogP contribution in [0.25, 0.3) is 0 Å². The van der Waals surface area contributed by atoms with Gasteiger partial charge in [0.2, 0.25) is 6.10 Å². The Morgan fingerprint density at radius 1 is 1.44 bits per heavy atom. The lowest BCUT2D eigenvalue weighted by Crippen LogP contribution is -2.34. The van der Waals surface area contributed by atoms with Gasteiger partial charge in [0, 0.05) is 6.42 Å². The van der Waals surface area contributed by atoms with Crippen molar-refractivity contribution < 1.29 is 19.4 Å². The third-order valence-corrected chi connectivity index (χ3v) is 2.75. The third kappa shape index (κ3) is 1.66. The summed E-state index contributed by atoms with van der Waals surface area (Å²) in [6, 6.07) is 3.68. The summed E-state index contributed by atoms with van der Waals surface area (Å²) in [6.45, 7) is 3.77. The molecular formula is C12H12O4. The molecule has 1 aliphatic rings. The van der Waals surface area contributed by atoms with Gasteiger partial charge in [-0.2, -0.15) is 0 Å². The van der Waals surface area contributed by atoms with Crippen molar-refractivity contribution in [3.8, 4) is 0 Å². The minimum absolute atomic E-state index is 0.252. The highest BCUT2D eigenvalue weighted by atomic mass is 16.6. The Labute approximate surface area is 92.8 Å². The maximum absolute atomic E-state index is 11.6. The van der Waals surface area contributed by atoms with Gasteiger partial charge in [0.25, 0.3) is 0 Å². The molecule has 84 valence electrons. The van der Waals surface area contributed by atoms with E-state index >= 15 is 0 Å². The quantitative estimate of drug-likeness (QED) is 0.728. The molecule has 0 radical (unpaired) electrons. The van der Waals surface area contributed by atoms with Gasteiger partial charge >= 0.3 is 11.9 Å². The van der Waals surface area contributed by atoms with Gasteiger partial charge in [-0.25, -0.2) is 9.59 Å². The first kappa shape index (κ1) is 10.7. The van der Waals surface area contributed by atoms with Gasteiger partial charge in [0.15, 0.2) is 0 Å². The van der Waals surface area contributed by atoms with Gasteiger partial charge in [-0.3, -0.25) is 0 Å². The van der Waals surface area contributed by atoms with Gasteiger partial charge in [0.05, 0.1) is 5.56 Å². The number of ether oxygens (including phenoxy) is 1. The summed E-state index contributed by atoms with van der Waals surface area (Å²) < 4.78 is 4.85. The monoisotopic (exact) mass is 220 g/mol. The van der Waals surface area contributed by atoms with Crippen molar-refractivity contribution in [2.45, 2.75) is 26.4 Å². The van der Waals surface area contributed by atoms with Crippen molar-refractivity contribution in [2.24, 2.45) is 0 Å². The minimum atomic E-state index is -1.10. The van der Waals surface area contributed by atoms with Crippen LogP contribution in [0, 0.1) is 13.8 Å². The molecule has 0 saturated carbocycles.